The summed E-state index contributed by atoms with van der Waals surface area (Å²) >= 11 is 3.64. The highest BCUT2D eigenvalue weighted by Gasteiger charge is 2.32. The summed E-state index contributed by atoms with van der Waals surface area (Å²) in [6, 6.07) is 10.1. The third-order valence-corrected chi connectivity index (χ3v) is 5.16. The fourth-order valence-corrected chi connectivity index (χ4v) is 3.27. The number of para-hydroxylation sites is 1. The lowest BCUT2D eigenvalue weighted by molar-refractivity contribution is 0.00380. The second-order valence-corrected chi connectivity index (χ2v) is 5.93. The number of halogens is 1. The van der Waals surface area contributed by atoms with Crippen LogP contribution in [-0.4, -0.2) is 30.1 Å². The Balaban J connectivity index is 1.79. The highest BCUT2D eigenvalue weighted by molar-refractivity contribution is 9.09. The number of nitrogens with zero attached hydrogens (tertiary/aromatic N) is 1. The van der Waals surface area contributed by atoms with Crippen LogP contribution >= 0.6 is 15.9 Å². The number of rotatable bonds is 4. The molecule has 3 rings (SSSR count). The van der Waals surface area contributed by atoms with Gasteiger partial charge in [0.15, 0.2) is 0 Å². The van der Waals surface area contributed by atoms with Crippen LogP contribution in [-0.2, 0) is 4.74 Å². The van der Waals surface area contributed by atoms with Crippen molar-refractivity contribution >= 4 is 26.8 Å². The van der Waals surface area contributed by atoms with Crippen LogP contribution < -0.4 is 4.74 Å². The minimum Gasteiger partial charge on any atom is -0.491 e. The average molecular weight is 336 g/mol. The number of fused-ring (bicyclic) bond motifs is 1. The van der Waals surface area contributed by atoms with Gasteiger partial charge in [-0.2, -0.15) is 0 Å². The van der Waals surface area contributed by atoms with E-state index in [1.165, 1.54) is 0 Å². The van der Waals surface area contributed by atoms with Crippen molar-refractivity contribution in [2.75, 3.05) is 25.2 Å². The van der Waals surface area contributed by atoms with Gasteiger partial charge in [-0.1, -0.05) is 34.1 Å². The zero-order chi connectivity index (χ0) is 13.8. The summed E-state index contributed by atoms with van der Waals surface area (Å²) < 4.78 is 11.6. The van der Waals surface area contributed by atoms with E-state index in [9.17, 15) is 0 Å². The van der Waals surface area contributed by atoms with Crippen molar-refractivity contribution in [3.05, 3.63) is 36.5 Å². The van der Waals surface area contributed by atoms with Gasteiger partial charge in [0, 0.05) is 35.5 Å². The Bertz CT molecular complexity index is 576. The standard InChI is InChI=1S/C16H18BrNO2/c17-11-16(6-9-19-10-7-16)12-20-14-5-1-3-13-4-2-8-18-15(13)14/h1-5,8H,6-7,9-12H2. The average Bonchev–Trinajstić information content (AvgIpc) is 2.54. The van der Waals surface area contributed by atoms with E-state index in [2.05, 4.69) is 33.0 Å². The number of alkyl halides is 1. The molecule has 1 fully saturated rings. The van der Waals surface area contributed by atoms with Gasteiger partial charge in [0.2, 0.25) is 0 Å². The van der Waals surface area contributed by atoms with E-state index >= 15 is 0 Å². The predicted molar refractivity (Wildman–Crippen MR) is 83.5 cm³/mol. The zero-order valence-corrected chi connectivity index (χ0v) is 12.9. The number of benzene rings is 1. The lowest BCUT2D eigenvalue weighted by atomic mass is 9.83. The number of hydrogen-bond donors (Lipinski definition) is 0. The van der Waals surface area contributed by atoms with Crippen LogP contribution in [0, 0.1) is 5.41 Å². The molecule has 0 bridgehead atoms. The molecule has 0 unspecified atom stereocenters. The number of aromatic nitrogens is 1. The summed E-state index contributed by atoms with van der Waals surface area (Å²) in [5.74, 6) is 0.870. The quantitative estimate of drug-likeness (QED) is 0.796. The Hall–Kier alpha value is -1.13. The summed E-state index contributed by atoms with van der Waals surface area (Å²) in [7, 11) is 0. The van der Waals surface area contributed by atoms with Gasteiger partial charge in [0.05, 0.1) is 6.61 Å². The molecule has 3 nitrogen and oxygen atoms in total. The van der Waals surface area contributed by atoms with Crippen molar-refractivity contribution in [1.82, 2.24) is 4.98 Å². The molecule has 1 saturated heterocycles. The molecule has 1 aliphatic heterocycles. The van der Waals surface area contributed by atoms with E-state index in [1.54, 1.807) is 0 Å². The molecule has 0 amide bonds. The van der Waals surface area contributed by atoms with Crippen LogP contribution in [0.25, 0.3) is 10.9 Å². The Morgan fingerprint density at radius 3 is 2.80 bits per heavy atom. The lowest BCUT2D eigenvalue weighted by Crippen LogP contribution is -2.36. The summed E-state index contributed by atoms with van der Waals surface area (Å²) in [4.78, 5) is 4.43. The van der Waals surface area contributed by atoms with E-state index < -0.39 is 0 Å². The van der Waals surface area contributed by atoms with Crippen molar-refractivity contribution in [2.24, 2.45) is 5.41 Å². The summed E-state index contributed by atoms with van der Waals surface area (Å²) in [6.45, 7) is 2.35. The molecule has 1 aromatic heterocycles. The van der Waals surface area contributed by atoms with Gasteiger partial charge in [0.25, 0.3) is 0 Å². The maximum Gasteiger partial charge on any atom is 0.145 e. The molecule has 2 aromatic rings. The molecule has 0 saturated carbocycles. The summed E-state index contributed by atoms with van der Waals surface area (Å²) in [5.41, 5.74) is 1.11. The normalized spacial score (nSPS) is 18.1. The topological polar surface area (TPSA) is 31.4 Å². The van der Waals surface area contributed by atoms with Crippen molar-refractivity contribution < 1.29 is 9.47 Å². The second-order valence-electron chi connectivity index (χ2n) is 5.37. The molecule has 0 aliphatic carbocycles. The van der Waals surface area contributed by atoms with Crippen molar-refractivity contribution in [1.29, 1.82) is 0 Å². The summed E-state index contributed by atoms with van der Waals surface area (Å²) in [5, 5.41) is 2.06. The monoisotopic (exact) mass is 335 g/mol. The Morgan fingerprint density at radius 2 is 2.00 bits per heavy atom. The predicted octanol–water partition coefficient (Wildman–Crippen LogP) is 3.81. The first kappa shape index (κ1) is 13.8. The lowest BCUT2D eigenvalue weighted by Gasteiger charge is -2.35. The van der Waals surface area contributed by atoms with Crippen LogP contribution in [0.3, 0.4) is 0 Å². The van der Waals surface area contributed by atoms with Gasteiger partial charge in [-0.15, -0.1) is 0 Å². The van der Waals surface area contributed by atoms with Gasteiger partial charge < -0.3 is 9.47 Å². The fourth-order valence-electron chi connectivity index (χ4n) is 2.54. The van der Waals surface area contributed by atoms with Crippen LogP contribution in [0.5, 0.6) is 5.75 Å². The molecule has 20 heavy (non-hydrogen) atoms. The fraction of sp³-hybridized carbons (Fsp3) is 0.438. The van der Waals surface area contributed by atoms with Gasteiger partial charge in [-0.05, 0) is 25.0 Å². The molecular formula is C16H18BrNO2. The van der Waals surface area contributed by atoms with E-state index in [0.29, 0.717) is 6.61 Å². The van der Waals surface area contributed by atoms with E-state index in [4.69, 9.17) is 9.47 Å². The maximum absolute atomic E-state index is 6.10. The minimum absolute atomic E-state index is 0.176. The van der Waals surface area contributed by atoms with Gasteiger partial charge in [0.1, 0.15) is 11.3 Å². The Kier molecular flexibility index (Phi) is 4.22. The molecular weight excluding hydrogens is 318 g/mol. The zero-order valence-electron chi connectivity index (χ0n) is 11.3. The third-order valence-electron chi connectivity index (χ3n) is 3.97. The highest BCUT2D eigenvalue weighted by atomic mass is 79.9. The van der Waals surface area contributed by atoms with Crippen LogP contribution in [0.1, 0.15) is 12.8 Å². The first-order valence-corrected chi connectivity index (χ1v) is 8.05. The number of ether oxygens (including phenoxy) is 2. The second kappa shape index (κ2) is 6.10. The Morgan fingerprint density at radius 1 is 1.20 bits per heavy atom. The molecule has 0 radical (unpaired) electrons. The molecule has 0 spiro atoms. The summed E-state index contributed by atoms with van der Waals surface area (Å²) in [6.07, 6.45) is 3.89. The van der Waals surface area contributed by atoms with Crippen molar-refractivity contribution in [3.63, 3.8) is 0 Å². The molecule has 0 N–H and O–H groups in total. The molecule has 1 aromatic carbocycles. The van der Waals surface area contributed by atoms with Crippen LogP contribution in [0.4, 0.5) is 0 Å². The number of pyridine rings is 1. The molecule has 1 aliphatic rings. The van der Waals surface area contributed by atoms with Gasteiger partial charge in [-0.25, -0.2) is 0 Å². The van der Waals surface area contributed by atoms with Gasteiger partial charge in [-0.3, -0.25) is 4.98 Å². The molecule has 2 heterocycles. The largest absolute Gasteiger partial charge is 0.491 e. The van der Waals surface area contributed by atoms with E-state index in [1.807, 2.05) is 24.4 Å². The smallest absolute Gasteiger partial charge is 0.145 e. The maximum atomic E-state index is 6.10. The van der Waals surface area contributed by atoms with E-state index in [-0.39, 0.29) is 5.41 Å². The van der Waals surface area contributed by atoms with Crippen molar-refractivity contribution in [3.8, 4) is 5.75 Å². The van der Waals surface area contributed by atoms with Gasteiger partial charge >= 0.3 is 0 Å². The van der Waals surface area contributed by atoms with Crippen LogP contribution in [0.2, 0.25) is 0 Å². The Labute approximate surface area is 127 Å². The highest BCUT2D eigenvalue weighted by Crippen LogP contribution is 2.34. The number of hydrogen-bond acceptors (Lipinski definition) is 3. The molecule has 106 valence electrons. The minimum atomic E-state index is 0.176. The molecule has 4 heteroatoms. The molecule has 0 atom stereocenters. The van der Waals surface area contributed by atoms with E-state index in [0.717, 1.165) is 48.0 Å². The van der Waals surface area contributed by atoms with Crippen molar-refractivity contribution in [2.45, 2.75) is 12.8 Å². The third kappa shape index (κ3) is 2.81. The first-order chi connectivity index (χ1) is 9.83. The SMILES string of the molecule is BrCC1(COc2cccc3cccnc23)CCOCC1. The first-order valence-electron chi connectivity index (χ1n) is 6.93. The van der Waals surface area contributed by atoms with Crippen LogP contribution in [0.15, 0.2) is 36.5 Å².